The van der Waals surface area contributed by atoms with E-state index in [2.05, 4.69) is 17.1 Å². The number of hydrogen-bond donors (Lipinski definition) is 2. The molecule has 0 amide bonds. The first kappa shape index (κ1) is 17.1. The van der Waals surface area contributed by atoms with Gasteiger partial charge in [0.05, 0.1) is 23.9 Å². The summed E-state index contributed by atoms with van der Waals surface area (Å²) in [4.78, 5) is 4.30. The lowest BCUT2D eigenvalue weighted by Gasteiger charge is -2.11. The Morgan fingerprint density at radius 2 is 1.96 bits per heavy atom. The highest BCUT2D eigenvalue weighted by molar-refractivity contribution is 6.08. The number of hydrogen-bond acceptors (Lipinski definition) is 6. The summed E-state index contributed by atoms with van der Waals surface area (Å²) in [5.74, 6) is 0.519. The van der Waals surface area contributed by atoms with E-state index in [0.717, 1.165) is 22.3 Å². The second kappa shape index (κ2) is 6.27. The van der Waals surface area contributed by atoms with Crippen LogP contribution in [0.3, 0.4) is 0 Å². The number of benzene rings is 1. The average Bonchev–Trinajstić information content (AvgIpc) is 2.88. The average molecular weight is 344 g/mol. The molecule has 3 N–H and O–H groups in total. The molecule has 1 aliphatic carbocycles. The summed E-state index contributed by atoms with van der Waals surface area (Å²) in [6, 6.07) is 9.25. The fraction of sp³-hybridized carbons (Fsp3) is 0.150. The van der Waals surface area contributed by atoms with Gasteiger partial charge in [-0.15, -0.1) is 0 Å². The minimum Gasteiger partial charge on any atom is -0.504 e. The van der Waals surface area contributed by atoms with Crippen molar-refractivity contribution in [2.75, 3.05) is 12.8 Å². The molecule has 0 saturated heterocycles. The van der Waals surface area contributed by atoms with Gasteiger partial charge < -0.3 is 15.6 Å². The van der Waals surface area contributed by atoms with E-state index >= 15 is 0 Å². The molecule has 3 rings (SSSR count). The number of fused-ring (bicyclic) bond motifs is 1. The highest BCUT2D eigenvalue weighted by Gasteiger charge is 2.29. The molecule has 0 saturated carbocycles. The zero-order chi connectivity index (χ0) is 19.0. The second-order valence-electron chi connectivity index (χ2n) is 5.93. The zero-order valence-electron chi connectivity index (χ0n) is 14.6. The standard InChI is InChI=1S/C20H16N4O2/c1-10-13(6-12-4-5-16(25)17(7-12)26-3)18-11(2)15(9-22)20(23)24-19(18)14(10)8-21/h4-7,25H,1-3H3,(H2,23,24)/b13-6+. The number of aromatic hydroxyl groups is 1. The molecule has 0 fully saturated rings. The maximum atomic E-state index is 9.77. The van der Waals surface area contributed by atoms with Crippen LogP contribution in [-0.2, 0) is 0 Å². The lowest BCUT2D eigenvalue weighted by atomic mass is 9.95. The first-order valence-electron chi connectivity index (χ1n) is 7.83. The highest BCUT2D eigenvalue weighted by atomic mass is 16.5. The fourth-order valence-electron chi connectivity index (χ4n) is 3.15. The number of rotatable bonds is 2. The van der Waals surface area contributed by atoms with Crippen molar-refractivity contribution < 1.29 is 9.84 Å². The molecule has 0 aliphatic heterocycles. The maximum absolute atomic E-state index is 9.77. The lowest BCUT2D eigenvalue weighted by Crippen LogP contribution is -2.03. The Balaban J connectivity index is 2.30. The molecule has 0 unspecified atom stereocenters. The van der Waals surface area contributed by atoms with Gasteiger partial charge >= 0.3 is 0 Å². The highest BCUT2D eigenvalue weighted by Crippen LogP contribution is 2.44. The fourth-order valence-corrected chi connectivity index (χ4v) is 3.15. The second-order valence-corrected chi connectivity index (χ2v) is 5.93. The van der Waals surface area contributed by atoms with Gasteiger partial charge in [-0.05, 0) is 54.3 Å². The maximum Gasteiger partial charge on any atom is 0.161 e. The van der Waals surface area contributed by atoms with Crippen LogP contribution in [-0.4, -0.2) is 17.2 Å². The number of aromatic nitrogens is 1. The van der Waals surface area contributed by atoms with Crippen LogP contribution in [0.2, 0.25) is 0 Å². The number of nitrogens with zero attached hydrogens (tertiary/aromatic N) is 3. The van der Waals surface area contributed by atoms with Crippen LogP contribution in [0.25, 0.3) is 17.2 Å². The minimum absolute atomic E-state index is 0.0452. The number of nitriles is 2. The number of phenols is 1. The monoisotopic (exact) mass is 344 g/mol. The van der Waals surface area contributed by atoms with Crippen molar-refractivity contribution in [3.8, 4) is 23.6 Å². The van der Waals surface area contributed by atoms with Crippen molar-refractivity contribution in [3.05, 3.63) is 51.7 Å². The molecule has 0 radical (unpaired) electrons. The molecule has 26 heavy (non-hydrogen) atoms. The van der Waals surface area contributed by atoms with Crippen LogP contribution in [0.1, 0.15) is 34.9 Å². The van der Waals surface area contributed by atoms with Gasteiger partial charge in [0.2, 0.25) is 0 Å². The molecule has 6 nitrogen and oxygen atoms in total. The molecular formula is C20H16N4O2. The van der Waals surface area contributed by atoms with Crippen LogP contribution in [0.5, 0.6) is 11.5 Å². The number of methoxy groups -OCH3 is 1. The molecule has 1 aromatic carbocycles. The van der Waals surface area contributed by atoms with Crippen LogP contribution in [0.4, 0.5) is 5.82 Å². The van der Waals surface area contributed by atoms with Gasteiger partial charge in [-0.2, -0.15) is 10.5 Å². The molecule has 1 aromatic heterocycles. The van der Waals surface area contributed by atoms with Crippen molar-refractivity contribution in [1.82, 2.24) is 4.98 Å². The molecule has 1 aliphatic rings. The summed E-state index contributed by atoms with van der Waals surface area (Å²) < 4.78 is 5.15. The summed E-state index contributed by atoms with van der Waals surface area (Å²) in [7, 11) is 1.48. The molecule has 128 valence electrons. The molecule has 1 heterocycles. The summed E-state index contributed by atoms with van der Waals surface area (Å²) >= 11 is 0. The van der Waals surface area contributed by atoms with Crippen LogP contribution < -0.4 is 10.5 Å². The Kier molecular flexibility index (Phi) is 4.11. The van der Waals surface area contributed by atoms with E-state index in [1.54, 1.807) is 25.1 Å². The van der Waals surface area contributed by atoms with Crippen molar-refractivity contribution in [1.29, 1.82) is 10.5 Å². The third kappa shape index (κ3) is 2.45. The Morgan fingerprint density at radius 1 is 1.23 bits per heavy atom. The van der Waals surface area contributed by atoms with Crippen molar-refractivity contribution in [2.24, 2.45) is 0 Å². The van der Waals surface area contributed by atoms with Crippen molar-refractivity contribution in [3.63, 3.8) is 0 Å². The van der Waals surface area contributed by atoms with Crippen LogP contribution in [0.15, 0.2) is 23.8 Å². The number of nitrogen functional groups attached to an aromatic ring is 1. The van der Waals surface area contributed by atoms with E-state index in [0.29, 0.717) is 28.1 Å². The SMILES string of the molecule is COc1cc(/C=C2\C(C)=C(C#N)c3nc(N)c(C#N)c(C)c32)ccc1O. The molecular weight excluding hydrogens is 328 g/mol. The molecule has 0 atom stereocenters. The largest absolute Gasteiger partial charge is 0.504 e. The number of anilines is 1. The molecule has 6 heteroatoms. The van der Waals surface area contributed by atoms with Gasteiger partial charge in [-0.1, -0.05) is 6.07 Å². The Morgan fingerprint density at radius 3 is 2.58 bits per heavy atom. The normalized spacial score (nSPS) is 14.1. The predicted octanol–water partition coefficient (Wildman–Crippen LogP) is 3.41. The smallest absolute Gasteiger partial charge is 0.161 e. The summed E-state index contributed by atoms with van der Waals surface area (Å²) in [5, 5.41) is 28.7. The van der Waals surface area contributed by atoms with Gasteiger partial charge in [0.15, 0.2) is 11.5 Å². The summed E-state index contributed by atoms with van der Waals surface area (Å²) in [6.45, 7) is 3.64. The van der Waals surface area contributed by atoms with Gasteiger partial charge in [-0.25, -0.2) is 4.98 Å². The summed E-state index contributed by atoms with van der Waals surface area (Å²) in [6.07, 6.45) is 1.88. The first-order chi connectivity index (χ1) is 12.4. The third-order valence-electron chi connectivity index (χ3n) is 4.50. The van der Waals surface area contributed by atoms with E-state index in [1.807, 2.05) is 13.0 Å². The lowest BCUT2D eigenvalue weighted by molar-refractivity contribution is 0.373. The number of ether oxygens (including phenoxy) is 1. The molecule has 0 spiro atoms. The van der Waals surface area contributed by atoms with Gasteiger partial charge in [0.1, 0.15) is 18.0 Å². The predicted molar refractivity (Wildman–Crippen MR) is 98.8 cm³/mol. The van der Waals surface area contributed by atoms with E-state index in [1.165, 1.54) is 7.11 Å². The topological polar surface area (TPSA) is 116 Å². The minimum atomic E-state index is 0.0452. The van der Waals surface area contributed by atoms with Gasteiger partial charge in [0, 0.05) is 5.56 Å². The Bertz CT molecular complexity index is 1080. The zero-order valence-corrected chi connectivity index (χ0v) is 14.6. The van der Waals surface area contributed by atoms with Crippen LogP contribution in [0, 0.1) is 29.6 Å². The van der Waals surface area contributed by atoms with Gasteiger partial charge in [-0.3, -0.25) is 0 Å². The van der Waals surface area contributed by atoms with Crippen LogP contribution >= 0.6 is 0 Å². The third-order valence-corrected chi connectivity index (χ3v) is 4.50. The first-order valence-corrected chi connectivity index (χ1v) is 7.83. The van der Waals surface area contributed by atoms with Gasteiger partial charge in [0.25, 0.3) is 0 Å². The van der Waals surface area contributed by atoms with Crippen molar-refractivity contribution >= 4 is 23.0 Å². The molecule has 0 bridgehead atoms. The number of nitrogens with two attached hydrogens (primary N) is 1. The Labute approximate surface area is 151 Å². The number of allylic oxidation sites excluding steroid dienone is 3. The van der Waals surface area contributed by atoms with E-state index in [9.17, 15) is 15.6 Å². The Hall–Kier alpha value is -3.77. The quantitative estimate of drug-likeness (QED) is 0.862. The van der Waals surface area contributed by atoms with Crippen molar-refractivity contribution in [2.45, 2.75) is 13.8 Å². The molecule has 2 aromatic rings. The van der Waals surface area contributed by atoms with E-state index < -0.39 is 0 Å². The number of pyridine rings is 1. The van der Waals surface area contributed by atoms with E-state index in [-0.39, 0.29) is 11.6 Å². The summed E-state index contributed by atoms with van der Waals surface area (Å²) in [5.41, 5.74) is 10.9. The number of phenolic OH excluding ortho intramolecular Hbond substituents is 1. The van der Waals surface area contributed by atoms with E-state index in [4.69, 9.17) is 10.5 Å².